The fourth-order valence-corrected chi connectivity index (χ4v) is 9.04. The topological polar surface area (TPSA) is 0 Å². The van der Waals surface area contributed by atoms with Crippen LogP contribution in [0.1, 0.15) is 32.5 Å². The maximum atomic E-state index is 2.45. The Balaban J connectivity index is 0.000000807. The molecule has 0 radical (unpaired) electrons. The summed E-state index contributed by atoms with van der Waals surface area (Å²) < 4.78 is 1.52. The Bertz CT molecular complexity index is 632. The third-order valence-corrected chi connectivity index (χ3v) is 10.2. The van der Waals surface area contributed by atoms with Crippen LogP contribution in [-0.2, 0) is 22.9 Å². The molecular formula is C18H16Hf. The van der Waals surface area contributed by atoms with Crippen molar-refractivity contribution in [1.29, 1.82) is 0 Å². The van der Waals surface area contributed by atoms with Crippen molar-refractivity contribution in [3.8, 4) is 0 Å². The number of fused-ring (bicyclic) bond motifs is 2. The second kappa shape index (κ2) is 4.72. The fourth-order valence-electron chi connectivity index (χ4n) is 2.98. The molecule has 0 bridgehead atoms. The van der Waals surface area contributed by atoms with Crippen LogP contribution in [0, 0.1) is 0 Å². The monoisotopic (exact) mass is 412 g/mol. The van der Waals surface area contributed by atoms with Crippen molar-refractivity contribution in [2.45, 2.75) is 7.35 Å². The van der Waals surface area contributed by atoms with E-state index in [-0.39, 0.29) is 2.85 Å². The second-order valence-electron chi connectivity index (χ2n) is 5.10. The fraction of sp³-hybridized carbons (Fsp3) is 0.111. The first-order valence-electron chi connectivity index (χ1n) is 6.72. The van der Waals surface area contributed by atoms with Crippen LogP contribution in [0.2, 0.25) is 0 Å². The average molecular weight is 411 g/mol. The number of benzene rings is 2. The van der Waals surface area contributed by atoms with Gasteiger partial charge in [0.2, 0.25) is 0 Å². The third-order valence-electron chi connectivity index (χ3n) is 3.96. The molecule has 92 valence electrons. The van der Waals surface area contributed by atoms with Gasteiger partial charge in [-0.3, -0.25) is 0 Å². The zero-order valence-corrected chi connectivity index (χ0v) is 14.2. The summed E-state index contributed by atoms with van der Waals surface area (Å²) in [4.78, 5) is 0. The van der Waals surface area contributed by atoms with E-state index in [4.69, 9.17) is 0 Å². The van der Waals surface area contributed by atoms with Crippen LogP contribution >= 0.6 is 0 Å². The Hall–Kier alpha value is -1.21. The first-order valence-corrected chi connectivity index (χ1v) is 10.9. The van der Waals surface area contributed by atoms with E-state index < -0.39 is 22.9 Å². The molecule has 0 aromatic heterocycles. The summed E-state index contributed by atoms with van der Waals surface area (Å²) in [5.41, 5.74) is 6.03. The van der Waals surface area contributed by atoms with Crippen LogP contribution in [0.4, 0.5) is 0 Å². The minimum Gasteiger partial charge on any atom is -1.00 e. The van der Waals surface area contributed by atoms with Gasteiger partial charge in [-0.2, -0.15) is 0 Å². The van der Waals surface area contributed by atoms with Gasteiger partial charge in [0.1, 0.15) is 0 Å². The van der Waals surface area contributed by atoms with E-state index in [9.17, 15) is 0 Å². The largest absolute Gasteiger partial charge is 1.00 e. The summed E-state index contributed by atoms with van der Waals surface area (Å²) in [5.74, 6) is 0. The molecule has 2 aromatic rings. The molecule has 2 aromatic carbocycles. The molecule has 2 aliphatic rings. The van der Waals surface area contributed by atoms with Crippen LogP contribution in [-0.4, -0.2) is 0 Å². The first kappa shape index (κ1) is 11.6. The quantitative estimate of drug-likeness (QED) is 0.622. The van der Waals surface area contributed by atoms with Gasteiger partial charge in [0, 0.05) is 0 Å². The summed E-state index contributed by atoms with van der Waals surface area (Å²) in [6.07, 6.45) is 9.53. The molecule has 0 amide bonds. The molecule has 0 saturated heterocycles. The Labute approximate surface area is 128 Å². The van der Waals surface area contributed by atoms with E-state index in [2.05, 4.69) is 72.8 Å². The molecule has 0 saturated carbocycles. The van der Waals surface area contributed by atoms with E-state index in [1.807, 2.05) is 0 Å². The Morgan fingerprint density at radius 3 is 1.68 bits per heavy atom. The normalized spacial score (nSPS) is 22.1. The standard InChI is InChI=1S/2C9H7.Hf.2H/c2*1-2-5-9-7-3-6-8(9)4-1;;;/h2*1-7H;;;/q;;+2;2*-1. The molecule has 19 heavy (non-hydrogen) atoms. The predicted octanol–water partition coefficient (Wildman–Crippen LogP) is 4.83. The molecule has 0 nitrogen and oxygen atoms in total. The molecule has 0 N–H and O–H groups in total. The van der Waals surface area contributed by atoms with Crippen molar-refractivity contribution in [1.82, 2.24) is 0 Å². The molecule has 4 rings (SSSR count). The summed E-state index contributed by atoms with van der Waals surface area (Å²) in [7, 11) is 0. The first-order chi connectivity index (χ1) is 9.42. The maximum absolute atomic E-state index is 2.45. The van der Waals surface area contributed by atoms with Crippen LogP contribution in [0.25, 0.3) is 12.2 Å². The van der Waals surface area contributed by atoms with Crippen molar-refractivity contribution in [3.05, 3.63) is 82.9 Å². The molecule has 0 heterocycles. The van der Waals surface area contributed by atoms with Crippen molar-refractivity contribution in [3.63, 3.8) is 0 Å². The van der Waals surface area contributed by atoms with Gasteiger partial charge in [0.15, 0.2) is 0 Å². The minimum absolute atomic E-state index is 0. The summed E-state index contributed by atoms with van der Waals surface area (Å²) in [6, 6.07) is 17.8. The Morgan fingerprint density at radius 2 is 1.16 bits per heavy atom. The van der Waals surface area contributed by atoms with Crippen molar-refractivity contribution < 1.29 is 25.8 Å². The molecular weight excluding hydrogens is 395 g/mol. The SMILES string of the molecule is C1=C[CH]([Hf+2][CH]2C=Cc3ccccc32)c2ccccc21.[H-].[H-]. The van der Waals surface area contributed by atoms with Gasteiger partial charge in [-0.05, 0) is 0 Å². The summed E-state index contributed by atoms with van der Waals surface area (Å²) >= 11 is -0.790. The van der Waals surface area contributed by atoms with Crippen LogP contribution < -0.4 is 0 Å². The average Bonchev–Trinajstić information content (AvgIpc) is 3.05. The second-order valence-corrected chi connectivity index (χ2v) is 10.8. The van der Waals surface area contributed by atoms with Crippen LogP contribution in [0.3, 0.4) is 0 Å². The van der Waals surface area contributed by atoms with Crippen molar-refractivity contribution in [2.75, 3.05) is 0 Å². The molecule has 0 fully saturated rings. The summed E-state index contributed by atoms with van der Waals surface area (Å²) in [6.45, 7) is 0. The molecule has 0 aliphatic heterocycles. The zero-order chi connectivity index (χ0) is 12.7. The number of rotatable bonds is 2. The van der Waals surface area contributed by atoms with Gasteiger partial charge < -0.3 is 2.85 Å². The smallest absolute Gasteiger partial charge is 1.00 e. The van der Waals surface area contributed by atoms with Gasteiger partial charge in [0.25, 0.3) is 0 Å². The number of allylic oxidation sites excluding steroid dienone is 2. The molecule has 1 heteroatoms. The van der Waals surface area contributed by atoms with E-state index in [0.717, 1.165) is 7.35 Å². The van der Waals surface area contributed by atoms with Crippen LogP contribution in [0.5, 0.6) is 0 Å². The van der Waals surface area contributed by atoms with E-state index in [0.29, 0.717) is 0 Å². The number of hydrogen-bond donors (Lipinski definition) is 0. The Kier molecular flexibility index (Phi) is 2.88. The molecule has 2 unspecified atom stereocenters. The predicted molar refractivity (Wildman–Crippen MR) is 78.7 cm³/mol. The van der Waals surface area contributed by atoms with Crippen molar-refractivity contribution >= 4 is 12.2 Å². The minimum atomic E-state index is -0.790. The molecule has 2 aliphatic carbocycles. The molecule has 2 atom stereocenters. The zero-order valence-electron chi connectivity index (χ0n) is 12.6. The van der Waals surface area contributed by atoms with Gasteiger partial charge >= 0.3 is 125 Å². The van der Waals surface area contributed by atoms with Crippen molar-refractivity contribution in [2.24, 2.45) is 0 Å². The van der Waals surface area contributed by atoms with Gasteiger partial charge in [0.05, 0.1) is 0 Å². The summed E-state index contributed by atoms with van der Waals surface area (Å²) in [5, 5.41) is 0. The van der Waals surface area contributed by atoms with Crippen LogP contribution in [0.15, 0.2) is 60.7 Å². The third kappa shape index (κ3) is 2.01. The number of hydrogen-bond acceptors (Lipinski definition) is 0. The van der Waals surface area contributed by atoms with Gasteiger partial charge in [-0.15, -0.1) is 0 Å². The van der Waals surface area contributed by atoms with Gasteiger partial charge in [-0.25, -0.2) is 0 Å². The van der Waals surface area contributed by atoms with Gasteiger partial charge in [-0.1, -0.05) is 0 Å². The Morgan fingerprint density at radius 1 is 0.684 bits per heavy atom. The van der Waals surface area contributed by atoms with E-state index in [1.54, 1.807) is 11.1 Å². The van der Waals surface area contributed by atoms with E-state index in [1.165, 1.54) is 11.1 Å². The maximum Gasteiger partial charge on any atom is -1.00 e. The molecule has 0 spiro atoms. The van der Waals surface area contributed by atoms with E-state index >= 15 is 0 Å².